The van der Waals surface area contributed by atoms with Crippen molar-refractivity contribution in [2.75, 3.05) is 0 Å². The van der Waals surface area contributed by atoms with Gasteiger partial charge in [0.05, 0.1) is 24.0 Å². The highest BCUT2D eigenvalue weighted by Gasteiger charge is 2.52. The first-order chi connectivity index (χ1) is 15.5. The molecule has 2 aliphatic heterocycles. The number of halogens is 2. The third-order valence-electron chi connectivity index (χ3n) is 6.99. The molecule has 2 bridgehead atoms. The van der Waals surface area contributed by atoms with Crippen LogP contribution in [0.5, 0.6) is 5.75 Å². The summed E-state index contributed by atoms with van der Waals surface area (Å²) in [5, 5.41) is 21.4. The molecule has 0 amide bonds. The van der Waals surface area contributed by atoms with Gasteiger partial charge in [0.15, 0.2) is 0 Å². The van der Waals surface area contributed by atoms with Crippen molar-refractivity contribution < 1.29 is 5.11 Å². The van der Waals surface area contributed by atoms with Crippen molar-refractivity contribution in [1.29, 1.82) is 5.26 Å². The van der Waals surface area contributed by atoms with E-state index >= 15 is 0 Å². The zero-order chi connectivity index (χ0) is 22.3. The van der Waals surface area contributed by atoms with Crippen LogP contribution in [0.15, 0.2) is 66.9 Å². The number of pyridine rings is 1. The zero-order valence-electron chi connectivity index (χ0n) is 17.5. The number of fused-ring (bicyclic) bond motifs is 2. The Morgan fingerprint density at radius 3 is 1.97 bits per heavy atom. The normalized spacial score (nSPS) is 25.1. The summed E-state index contributed by atoms with van der Waals surface area (Å²) >= 11 is 13.4. The lowest BCUT2D eigenvalue weighted by atomic mass is 9.72. The summed E-state index contributed by atoms with van der Waals surface area (Å²) in [6, 6.07) is 22.2. The van der Waals surface area contributed by atoms with Gasteiger partial charge in [-0.3, -0.25) is 9.88 Å². The van der Waals surface area contributed by atoms with Gasteiger partial charge in [0.1, 0.15) is 11.2 Å². The molecule has 2 aliphatic rings. The summed E-state index contributed by atoms with van der Waals surface area (Å²) in [6.45, 7) is 0. The fourth-order valence-corrected chi connectivity index (χ4v) is 6.09. The smallest absolute Gasteiger partial charge is 0.133 e. The fraction of sp³-hybridized carbons (Fsp3) is 0.308. The Bertz CT molecular complexity index is 1110. The van der Waals surface area contributed by atoms with E-state index < -0.39 is 5.41 Å². The first kappa shape index (κ1) is 21.3. The van der Waals surface area contributed by atoms with Gasteiger partial charge in [-0.25, -0.2) is 0 Å². The highest BCUT2D eigenvalue weighted by atomic mass is 35.5. The Morgan fingerprint density at radius 1 is 0.938 bits per heavy atom. The third-order valence-corrected chi connectivity index (χ3v) is 7.68. The van der Waals surface area contributed by atoms with Gasteiger partial charge in [-0.1, -0.05) is 59.6 Å². The fourth-order valence-electron chi connectivity index (χ4n) is 5.61. The molecule has 4 nitrogen and oxygen atoms in total. The van der Waals surface area contributed by atoms with Crippen molar-refractivity contribution in [2.45, 2.75) is 49.2 Å². The van der Waals surface area contributed by atoms with Crippen LogP contribution in [0.25, 0.3) is 0 Å². The number of aromatic hydroxyl groups is 1. The predicted molar refractivity (Wildman–Crippen MR) is 126 cm³/mol. The Balaban J connectivity index is 1.58. The molecule has 1 aromatic heterocycles. The average molecular weight is 464 g/mol. The molecule has 3 aromatic rings. The first-order valence-electron chi connectivity index (χ1n) is 10.9. The van der Waals surface area contributed by atoms with Crippen LogP contribution in [-0.2, 0) is 5.41 Å². The summed E-state index contributed by atoms with van der Waals surface area (Å²) < 4.78 is 0. The van der Waals surface area contributed by atoms with Crippen molar-refractivity contribution in [3.63, 3.8) is 0 Å². The molecule has 1 N–H and O–H groups in total. The van der Waals surface area contributed by atoms with E-state index in [1.165, 1.54) is 6.20 Å². The lowest BCUT2D eigenvalue weighted by molar-refractivity contribution is 0.0740. The van der Waals surface area contributed by atoms with Crippen molar-refractivity contribution in [2.24, 2.45) is 0 Å². The molecule has 0 aliphatic carbocycles. The largest absolute Gasteiger partial charge is 0.506 e. The molecule has 0 radical (unpaired) electrons. The molecule has 2 atom stereocenters. The number of aromatic nitrogens is 1. The van der Waals surface area contributed by atoms with Crippen molar-refractivity contribution in [3.05, 3.63) is 93.7 Å². The summed E-state index contributed by atoms with van der Waals surface area (Å²) in [4.78, 5) is 6.95. The van der Waals surface area contributed by atoms with Gasteiger partial charge in [-0.05, 0) is 61.1 Å². The summed E-state index contributed by atoms with van der Waals surface area (Å²) in [5.74, 6) is 0.111. The molecule has 2 unspecified atom stereocenters. The lowest BCUT2D eigenvalue weighted by Gasteiger charge is -2.47. The molecular weight excluding hydrogens is 441 g/mol. The molecule has 32 heavy (non-hydrogen) atoms. The van der Waals surface area contributed by atoms with Crippen LogP contribution in [-0.4, -0.2) is 27.1 Å². The molecule has 162 valence electrons. The van der Waals surface area contributed by atoms with Crippen LogP contribution >= 0.6 is 23.2 Å². The Labute approximate surface area is 198 Å². The zero-order valence-corrected chi connectivity index (χ0v) is 19.0. The quantitative estimate of drug-likeness (QED) is 0.494. The molecular formula is C26H23Cl2N3O. The summed E-state index contributed by atoms with van der Waals surface area (Å²) in [6.07, 6.45) is 4.82. The van der Waals surface area contributed by atoms with Crippen molar-refractivity contribution in [3.8, 4) is 11.8 Å². The van der Waals surface area contributed by atoms with Crippen LogP contribution in [0.2, 0.25) is 10.0 Å². The number of rotatable bonds is 4. The lowest BCUT2D eigenvalue weighted by Crippen LogP contribution is -2.51. The Kier molecular flexibility index (Phi) is 5.59. The van der Waals surface area contributed by atoms with Crippen LogP contribution in [0.4, 0.5) is 0 Å². The highest BCUT2D eigenvalue weighted by molar-refractivity contribution is 6.32. The number of piperidine rings is 1. The van der Waals surface area contributed by atoms with Gasteiger partial charge >= 0.3 is 0 Å². The Morgan fingerprint density at radius 2 is 1.50 bits per heavy atom. The molecule has 2 saturated heterocycles. The maximum Gasteiger partial charge on any atom is 0.133 e. The summed E-state index contributed by atoms with van der Waals surface area (Å²) in [7, 11) is 0. The van der Waals surface area contributed by atoms with Gasteiger partial charge in [0, 0.05) is 22.1 Å². The number of hydrogen-bond acceptors (Lipinski definition) is 4. The van der Waals surface area contributed by atoms with E-state index in [2.05, 4.69) is 28.1 Å². The molecule has 5 rings (SSSR count). The van der Waals surface area contributed by atoms with E-state index in [1.807, 2.05) is 36.4 Å². The van der Waals surface area contributed by atoms with E-state index in [4.69, 9.17) is 23.2 Å². The second-order valence-electron chi connectivity index (χ2n) is 8.78. The number of nitrogens with zero attached hydrogens (tertiary/aromatic N) is 3. The first-order valence-corrected chi connectivity index (χ1v) is 11.6. The van der Waals surface area contributed by atoms with E-state index in [0.717, 1.165) is 29.7 Å². The van der Waals surface area contributed by atoms with Crippen molar-refractivity contribution in [1.82, 2.24) is 9.88 Å². The maximum atomic E-state index is 10.3. The van der Waals surface area contributed by atoms with Crippen LogP contribution in [0.3, 0.4) is 0 Å². The predicted octanol–water partition coefficient (Wildman–Crippen LogP) is 6.27. The van der Waals surface area contributed by atoms with Gasteiger partial charge in [-0.2, -0.15) is 5.26 Å². The minimum Gasteiger partial charge on any atom is -0.506 e. The molecule has 0 spiro atoms. The second-order valence-corrected chi connectivity index (χ2v) is 9.60. The molecule has 2 aromatic carbocycles. The van der Waals surface area contributed by atoms with Crippen LogP contribution in [0.1, 0.15) is 48.5 Å². The van der Waals surface area contributed by atoms with E-state index in [0.29, 0.717) is 22.9 Å². The molecule has 0 saturated carbocycles. The van der Waals surface area contributed by atoms with Crippen LogP contribution in [0, 0.1) is 11.3 Å². The van der Waals surface area contributed by atoms with Gasteiger partial charge < -0.3 is 5.11 Å². The van der Waals surface area contributed by atoms with Gasteiger partial charge in [0.25, 0.3) is 0 Å². The number of hydrogen-bond donors (Lipinski definition) is 1. The van der Waals surface area contributed by atoms with Gasteiger partial charge in [0.2, 0.25) is 0 Å². The minimum atomic E-state index is -0.665. The molecule has 6 heteroatoms. The highest BCUT2D eigenvalue weighted by Crippen LogP contribution is 2.52. The van der Waals surface area contributed by atoms with Crippen molar-refractivity contribution >= 4 is 23.2 Å². The van der Waals surface area contributed by atoms with E-state index in [-0.39, 0.29) is 23.9 Å². The number of benzene rings is 2. The molecule has 2 fully saturated rings. The maximum absolute atomic E-state index is 10.3. The number of nitriles is 1. The third kappa shape index (κ3) is 3.55. The van der Waals surface area contributed by atoms with E-state index in [9.17, 15) is 10.4 Å². The standard InChI is InChI=1S/C26H23Cl2N3O/c27-22-7-3-1-5-20(22)25(21-6-2-4-8-23(21)28)31-17-9-10-18(31)14-26(13-17,16-29)24-12-11-19(32)15-30-24/h1-8,11-12,15,17-18,25,32H,9-10,13-14H2. The minimum absolute atomic E-state index is 0.0839. The summed E-state index contributed by atoms with van der Waals surface area (Å²) in [5.41, 5.74) is 2.14. The van der Waals surface area contributed by atoms with Crippen LogP contribution < -0.4 is 0 Å². The Hall–Kier alpha value is -2.58. The van der Waals surface area contributed by atoms with Gasteiger partial charge in [-0.15, -0.1) is 0 Å². The average Bonchev–Trinajstić information content (AvgIpc) is 3.06. The SMILES string of the molecule is N#CC1(c2ccc(O)cn2)CC2CCC(C1)N2C(c1ccccc1Cl)c1ccccc1Cl. The molecule has 3 heterocycles. The monoisotopic (exact) mass is 463 g/mol. The topological polar surface area (TPSA) is 60.1 Å². The second kappa shape index (κ2) is 8.41. The van der Waals surface area contributed by atoms with E-state index in [1.54, 1.807) is 12.1 Å².